The van der Waals surface area contributed by atoms with E-state index in [0.717, 1.165) is 6.07 Å². The van der Waals surface area contributed by atoms with E-state index in [1.54, 1.807) is 12.1 Å². The van der Waals surface area contributed by atoms with E-state index in [0.29, 0.717) is 41.3 Å². The predicted molar refractivity (Wildman–Crippen MR) is 132 cm³/mol. The summed E-state index contributed by atoms with van der Waals surface area (Å²) in [5, 5.41) is 5.73. The monoisotopic (exact) mass is 501 g/mol. The van der Waals surface area contributed by atoms with Gasteiger partial charge in [0.2, 0.25) is 11.8 Å². The molecular weight excluding hydrogens is 471 g/mol. The molecule has 3 N–H and O–H groups in total. The normalized spacial score (nSPS) is 17.4. The largest absolute Gasteiger partial charge is 0.359 e. The molecule has 1 saturated carbocycles. The Morgan fingerprint density at radius 2 is 1.75 bits per heavy atom. The zero-order valence-electron chi connectivity index (χ0n) is 20.5. The molecule has 2 aromatic carbocycles. The summed E-state index contributed by atoms with van der Waals surface area (Å²) in [4.78, 5) is 38.2. The maximum absolute atomic E-state index is 14.5. The summed E-state index contributed by atoms with van der Waals surface area (Å²) in [6.07, 6.45) is 1.48. The summed E-state index contributed by atoms with van der Waals surface area (Å²) in [5.74, 6) is -3.42. The molecule has 0 spiro atoms. The molecule has 1 aliphatic carbocycles. The fraction of sp³-hybridized carbons (Fsp3) is 0.370. The minimum atomic E-state index is -0.762. The van der Waals surface area contributed by atoms with Gasteiger partial charge in [0, 0.05) is 37.4 Å². The predicted octanol–water partition coefficient (Wildman–Crippen LogP) is 4.98. The van der Waals surface area contributed by atoms with E-state index in [4.69, 9.17) is 0 Å². The molecule has 1 fully saturated rings. The SMILES string of the molecule is CC.CNC(=O)CC(CC=O)C(=O)NC1CC(c2c(-c3ccc(F)cc3)[nH]c3c(F)cc(F)cc23)C1. The molecule has 0 bridgehead atoms. The second-order valence-electron chi connectivity index (χ2n) is 8.58. The number of aldehydes is 1. The topological polar surface area (TPSA) is 91.1 Å². The van der Waals surface area contributed by atoms with Crippen LogP contribution in [0.15, 0.2) is 36.4 Å². The first-order valence-corrected chi connectivity index (χ1v) is 12.0. The standard InChI is InChI=1S/C25H24F3N3O3.C2H6/c1-29-21(33)10-14(6-7-32)25(34)30-18-8-15(9-18)22-19-11-17(27)12-20(28)24(19)31-23(22)13-2-4-16(26)5-3-13;1-2/h2-5,7,11-12,14-15,18,31H,6,8-10H2,1H3,(H,29,33)(H,30,34);1-2H3. The minimum Gasteiger partial charge on any atom is -0.359 e. The number of nitrogens with one attached hydrogen (secondary N) is 3. The average Bonchev–Trinajstić information content (AvgIpc) is 3.21. The lowest BCUT2D eigenvalue weighted by molar-refractivity contribution is -0.132. The summed E-state index contributed by atoms with van der Waals surface area (Å²) < 4.78 is 42.0. The Morgan fingerprint density at radius 3 is 2.36 bits per heavy atom. The molecule has 0 saturated heterocycles. The molecule has 6 nitrogen and oxygen atoms in total. The Kier molecular flexibility index (Phi) is 8.90. The highest BCUT2D eigenvalue weighted by molar-refractivity contribution is 5.92. The highest BCUT2D eigenvalue weighted by atomic mass is 19.1. The molecule has 1 atom stereocenters. The Labute approximate surface area is 207 Å². The van der Waals surface area contributed by atoms with E-state index in [-0.39, 0.29) is 42.1 Å². The van der Waals surface area contributed by atoms with Crippen molar-refractivity contribution in [3.63, 3.8) is 0 Å². The van der Waals surface area contributed by atoms with Gasteiger partial charge < -0.3 is 20.4 Å². The van der Waals surface area contributed by atoms with Crippen LogP contribution < -0.4 is 10.6 Å². The average molecular weight is 502 g/mol. The number of H-pyrrole nitrogens is 1. The molecule has 3 aromatic rings. The third-order valence-corrected chi connectivity index (χ3v) is 6.35. The summed E-state index contributed by atoms with van der Waals surface area (Å²) in [7, 11) is 1.46. The van der Waals surface area contributed by atoms with Gasteiger partial charge >= 0.3 is 0 Å². The minimum absolute atomic E-state index is 0.0644. The number of aromatic nitrogens is 1. The molecule has 1 unspecified atom stereocenters. The van der Waals surface area contributed by atoms with Crippen molar-refractivity contribution in [2.75, 3.05) is 7.05 Å². The van der Waals surface area contributed by atoms with Gasteiger partial charge in [0.15, 0.2) is 0 Å². The zero-order valence-corrected chi connectivity index (χ0v) is 20.5. The molecule has 0 aliphatic heterocycles. The first-order valence-electron chi connectivity index (χ1n) is 12.0. The van der Waals surface area contributed by atoms with Crippen molar-refractivity contribution in [3.05, 3.63) is 59.4 Å². The first-order chi connectivity index (χ1) is 17.3. The van der Waals surface area contributed by atoms with Gasteiger partial charge in [0.25, 0.3) is 0 Å². The van der Waals surface area contributed by atoms with Crippen LogP contribution in [0.2, 0.25) is 0 Å². The number of carbonyl (C=O) groups is 3. The van der Waals surface area contributed by atoms with Crippen LogP contribution in [-0.4, -0.2) is 36.2 Å². The van der Waals surface area contributed by atoms with Crippen LogP contribution in [0.1, 0.15) is 51.0 Å². The number of benzene rings is 2. The van der Waals surface area contributed by atoms with Crippen LogP contribution in [0.25, 0.3) is 22.2 Å². The third kappa shape index (κ3) is 5.78. The summed E-state index contributed by atoms with van der Waals surface area (Å²) in [6, 6.07) is 7.60. The molecular formula is C27H30F3N3O3. The quantitative estimate of drug-likeness (QED) is 0.380. The van der Waals surface area contributed by atoms with Crippen molar-refractivity contribution in [2.24, 2.45) is 5.92 Å². The lowest BCUT2D eigenvalue weighted by atomic mass is 9.74. The van der Waals surface area contributed by atoms with E-state index in [9.17, 15) is 27.6 Å². The first kappa shape index (κ1) is 27.0. The van der Waals surface area contributed by atoms with E-state index in [1.165, 1.54) is 25.2 Å². The molecule has 9 heteroatoms. The van der Waals surface area contributed by atoms with E-state index in [2.05, 4.69) is 15.6 Å². The second kappa shape index (κ2) is 11.9. The molecule has 2 amide bonds. The van der Waals surface area contributed by atoms with Gasteiger partial charge in [-0.05, 0) is 60.2 Å². The van der Waals surface area contributed by atoms with Crippen molar-refractivity contribution in [2.45, 2.75) is 51.5 Å². The fourth-order valence-corrected chi connectivity index (χ4v) is 4.52. The number of hydrogen-bond acceptors (Lipinski definition) is 3. The maximum Gasteiger partial charge on any atom is 0.224 e. The van der Waals surface area contributed by atoms with Gasteiger partial charge in [-0.3, -0.25) is 9.59 Å². The molecule has 4 rings (SSSR count). The Balaban J connectivity index is 0.00000176. The number of fused-ring (bicyclic) bond motifs is 1. The van der Waals surface area contributed by atoms with Gasteiger partial charge in [0.1, 0.15) is 23.7 Å². The summed E-state index contributed by atoms with van der Waals surface area (Å²) in [6.45, 7) is 4.00. The Hall–Kier alpha value is -3.62. The van der Waals surface area contributed by atoms with Gasteiger partial charge in [0.05, 0.1) is 17.1 Å². The Morgan fingerprint density at radius 1 is 1.08 bits per heavy atom. The smallest absolute Gasteiger partial charge is 0.224 e. The van der Waals surface area contributed by atoms with Crippen molar-refractivity contribution in [1.29, 1.82) is 0 Å². The Bertz CT molecular complexity index is 1230. The number of amides is 2. The lowest BCUT2D eigenvalue weighted by Gasteiger charge is -2.37. The third-order valence-electron chi connectivity index (χ3n) is 6.35. The van der Waals surface area contributed by atoms with Gasteiger partial charge in [-0.25, -0.2) is 13.2 Å². The molecule has 192 valence electrons. The zero-order chi connectivity index (χ0) is 26.4. The van der Waals surface area contributed by atoms with Crippen LogP contribution in [0.4, 0.5) is 13.2 Å². The van der Waals surface area contributed by atoms with Crippen LogP contribution in [0.3, 0.4) is 0 Å². The number of aromatic amines is 1. The summed E-state index contributed by atoms with van der Waals surface area (Å²) in [5.41, 5.74) is 2.09. The van der Waals surface area contributed by atoms with Crippen LogP contribution in [0.5, 0.6) is 0 Å². The second-order valence-corrected chi connectivity index (χ2v) is 8.58. The number of halogens is 3. The van der Waals surface area contributed by atoms with Crippen LogP contribution >= 0.6 is 0 Å². The molecule has 1 aliphatic rings. The van der Waals surface area contributed by atoms with Crippen LogP contribution in [-0.2, 0) is 14.4 Å². The molecule has 1 heterocycles. The molecule has 1 aromatic heterocycles. The van der Waals surface area contributed by atoms with Crippen molar-refractivity contribution < 1.29 is 27.6 Å². The highest BCUT2D eigenvalue weighted by Crippen LogP contribution is 2.45. The van der Waals surface area contributed by atoms with Crippen LogP contribution in [0, 0.1) is 23.4 Å². The molecule has 36 heavy (non-hydrogen) atoms. The van der Waals surface area contributed by atoms with Crippen molar-refractivity contribution in [3.8, 4) is 11.3 Å². The van der Waals surface area contributed by atoms with Crippen molar-refractivity contribution in [1.82, 2.24) is 15.6 Å². The number of rotatable bonds is 8. The highest BCUT2D eigenvalue weighted by Gasteiger charge is 2.36. The van der Waals surface area contributed by atoms with Gasteiger partial charge in [-0.1, -0.05) is 13.8 Å². The fourth-order valence-electron chi connectivity index (χ4n) is 4.52. The lowest BCUT2D eigenvalue weighted by Crippen LogP contribution is -2.46. The van der Waals surface area contributed by atoms with E-state index >= 15 is 0 Å². The van der Waals surface area contributed by atoms with E-state index in [1.807, 2.05) is 13.8 Å². The van der Waals surface area contributed by atoms with Gasteiger partial charge in [-0.15, -0.1) is 0 Å². The van der Waals surface area contributed by atoms with E-state index < -0.39 is 23.4 Å². The van der Waals surface area contributed by atoms with Crippen molar-refractivity contribution >= 4 is 29.0 Å². The molecule has 0 radical (unpaired) electrons. The number of carbonyl (C=O) groups excluding carboxylic acids is 3. The number of hydrogen-bond donors (Lipinski definition) is 3. The maximum atomic E-state index is 14.5. The van der Waals surface area contributed by atoms with Gasteiger partial charge in [-0.2, -0.15) is 0 Å². The summed E-state index contributed by atoms with van der Waals surface area (Å²) >= 11 is 0.